The zero-order valence-corrected chi connectivity index (χ0v) is 13.0. The van der Waals surface area contributed by atoms with Crippen LogP contribution in [0.3, 0.4) is 0 Å². The van der Waals surface area contributed by atoms with Gasteiger partial charge in [-0.25, -0.2) is 9.78 Å². The van der Waals surface area contributed by atoms with Crippen molar-refractivity contribution < 1.29 is 14.5 Å². The van der Waals surface area contributed by atoms with Crippen molar-refractivity contribution in [1.29, 1.82) is 0 Å². The largest absolute Gasteiger partial charge is 0.494 e. The van der Waals surface area contributed by atoms with Crippen LogP contribution in [-0.4, -0.2) is 25.5 Å². The van der Waals surface area contributed by atoms with Crippen LogP contribution >= 0.6 is 0 Å². The molecule has 0 unspecified atom stereocenters. The summed E-state index contributed by atoms with van der Waals surface area (Å²) < 4.78 is 5.73. The van der Waals surface area contributed by atoms with Crippen molar-refractivity contribution in [2.24, 2.45) is 5.92 Å². The topological polar surface area (TPSA) is 30.9 Å². The molecule has 116 valence electrons. The molecule has 1 aromatic rings. The minimum Gasteiger partial charge on any atom is -0.494 e. The summed E-state index contributed by atoms with van der Waals surface area (Å²) in [6, 6.07) is 8.34. The van der Waals surface area contributed by atoms with Crippen molar-refractivity contribution in [2.45, 2.75) is 45.3 Å². The normalized spacial score (nSPS) is 28.5. The third-order valence-electron chi connectivity index (χ3n) is 4.64. The molecule has 0 amide bonds. The van der Waals surface area contributed by atoms with Gasteiger partial charge in [0, 0.05) is 18.2 Å². The number of unbranched alkanes of at least 4 members (excludes halogenated alkanes) is 1. The van der Waals surface area contributed by atoms with Gasteiger partial charge in [-0.1, -0.05) is 13.3 Å². The van der Waals surface area contributed by atoms with E-state index in [9.17, 15) is 0 Å². The number of benzene rings is 1. The molecule has 0 bridgehead atoms. The molecule has 0 radical (unpaired) electrons. The summed E-state index contributed by atoms with van der Waals surface area (Å²) in [4.78, 5) is 13.2. The van der Waals surface area contributed by atoms with Crippen molar-refractivity contribution >= 4 is 5.69 Å². The van der Waals surface area contributed by atoms with Crippen molar-refractivity contribution in [3.05, 3.63) is 24.3 Å². The lowest BCUT2D eigenvalue weighted by molar-refractivity contribution is -0.306. The first-order valence-corrected chi connectivity index (χ1v) is 8.05. The van der Waals surface area contributed by atoms with E-state index in [0.29, 0.717) is 12.5 Å². The summed E-state index contributed by atoms with van der Waals surface area (Å²) in [6.07, 6.45) is 4.61. The molecule has 0 aromatic heterocycles. The van der Waals surface area contributed by atoms with Gasteiger partial charge in [-0.3, -0.25) is 0 Å². The highest BCUT2D eigenvalue weighted by Crippen LogP contribution is 2.42. The smallest absolute Gasteiger partial charge is 0.177 e. The molecule has 2 atom stereocenters. The zero-order valence-electron chi connectivity index (χ0n) is 13.0. The molecule has 2 heterocycles. The van der Waals surface area contributed by atoms with Crippen LogP contribution in [0.15, 0.2) is 24.3 Å². The lowest BCUT2D eigenvalue weighted by Crippen LogP contribution is -2.54. The van der Waals surface area contributed by atoms with Crippen molar-refractivity contribution in [2.75, 3.05) is 24.7 Å². The lowest BCUT2D eigenvalue weighted by Gasteiger charge is -2.44. The zero-order chi connectivity index (χ0) is 14.7. The van der Waals surface area contributed by atoms with Crippen molar-refractivity contribution in [3.63, 3.8) is 0 Å². The minimum atomic E-state index is -0.331. The van der Waals surface area contributed by atoms with Crippen LogP contribution in [0.1, 0.15) is 39.5 Å². The molecule has 0 saturated carbocycles. The first-order chi connectivity index (χ1) is 10.2. The standard InChI is InChI=1S/C17H25NO3/c1-3-4-12-19-16-9-7-15(8-10-16)18-11-5-6-14-13-20-21-17(14,18)2/h7-10,14H,3-6,11-13H2,1-2H3/t14-,17+/m0/s1. The number of rotatable bonds is 5. The molecule has 1 aromatic carbocycles. The Kier molecular flexibility index (Phi) is 4.36. The van der Waals surface area contributed by atoms with Crippen LogP contribution in [0.2, 0.25) is 0 Å². The van der Waals surface area contributed by atoms with Gasteiger partial charge in [0.25, 0.3) is 0 Å². The first kappa shape index (κ1) is 14.7. The molecule has 2 aliphatic rings. The van der Waals surface area contributed by atoms with Gasteiger partial charge in [0.1, 0.15) is 5.75 Å². The van der Waals surface area contributed by atoms with Gasteiger partial charge < -0.3 is 9.64 Å². The van der Waals surface area contributed by atoms with E-state index < -0.39 is 0 Å². The number of nitrogens with zero attached hydrogens (tertiary/aromatic N) is 1. The van der Waals surface area contributed by atoms with Gasteiger partial charge in [0.2, 0.25) is 0 Å². The Hall–Kier alpha value is -1.26. The third kappa shape index (κ3) is 2.87. The summed E-state index contributed by atoms with van der Waals surface area (Å²) >= 11 is 0. The Morgan fingerprint density at radius 3 is 2.90 bits per heavy atom. The summed E-state index contributed by atoms with van der Waals surface area (Å²) in [7, 11) is 0. The number of hydrogen-bond donors (Lipinski definition) is 0. The molecule has 2 aliphatic heterocycles. The highest BCUT2D eigenvalue weighted by Gasteiger charge is 2.49. The Balaban J connectivity index is 1.71. The maximum absolute atomic E-state index is 5.73. The first-order valence-electron chi connectivity index (χ1n) is 8.05. The fourth-order valence-corrected chi connectivity index (χ4v) is 3.23. The van der Waals surface area contributed by atoms with Gasteiger partial charge in [-0.05, 0) is 50.5 Å². The predicted molar refractivity (Wildman–Crippen MR) is 82.4 cm³/mol. The number of anilines is 1. The summed E-state index contributed by atoms with van der Waals surface area (Å²) in [5, 5.41) is 0. The van der Waals surface area contributed by atoms with E-state index in [2.05, 4.69) is 30.9 Å². The lowest BCUT2D eigenvalue weighted by atomic mass is 9.87. The van der Waals surface area contributed by atoms with Crippen LogP contribution < -0.4 is 9.64 Å². The Morgan fingerprint density at radius 2 is 2.14 bits per heavy atom. The van der Waals surface area contributed by atoms with Gasteiger partial charge in [0.15, 0.2) is 5.72 Å². The van der Waals surface area contributed by atoms with E-state index in [1.54, 1.807) is 0 Å². The Labute approximate surface area is 126 Å². The molecule has 4 heteroatoms. The van der Waals surface area contributed by atoms with E-state index in [0.717, 1.165) is 31.7 Å². The van der Waals surface area contributed by atoms with Crippen LogP contribution in [0.25, 0.3) is 0 Å². The SMILES string of the molecule is CCCCOc1ccc(N2CCC[C@H]3COO[C@]32C)cc1. The highest BCUT2D eigenvalue weighted by molar-refractivity contribution is 5.51. The molecule has 2 saturated heterocycles. The second-order valence-corrected chi connectivity index (χ2v) is 6.11. The molecule has 0 N–H and O–H groups in total. The van der Waals surface area contributed by atoms with E-state index in [4.69, 9.17) is 14.5 Å². The predicted octanol–water partition coefficient (Wildman–Crippen LogP) is 3.76. The van der Waals surface area contributed by atoms with Gasteiger partial charge in [0.05, 0.1) is 13.2 Å². The second-order valence-electron chi connectivity index (χ2n) is 6.11. The average Bonchev–Trinajstić information content (AvgIpc) is 2.89. The quantitative estimate of drug-likeness (QED) is 0.610. The molecular weight excluding hydrogens is 266 g/mol. The molecule has 4 nitrogen and oxygen atoms in total. The van der Waals surface area contributed by atoms with Crippen LogP contribution in [0.5, 0.6) is 5.75 Å². The average molecular weight is 291 g/mol. The Bertz CT molecular complexity index is 462. The van der Waals surface area contributed by atoms with Crippen molar-refractivity contribution in [1.82, 2.24) is 0 Å². The van der Waals surface area contributed by atoms with Gasteiger partial charge in [-0.2, -0.15) is 0 Å². The minimum absolute atomic E-state index is 0.331. The fourth-order valence-electron chi connectivity index (χ4n) is 3.23. The fraction of sp³-hybridized carbons (Fsp3) is 0.647. The molecule has 0 spiro atoms. The van der Waals surface area contributed by atoms with Crippen molar-refractivity contribution in [3.8, 4) is 5.75 Å². The Morgan fingerprint density at radius 1 is 1.33 bits per heavy atom. The van der Waals surface area contributed by atoms with E-state index >= 15 is 0 Å². The summed E-state index contributed by atoms with van der Waals surface area (Å²) in [6.45, 7) is 6.80. The monoisotopic (exact) mass is 291 g/mol. The number of ether oxygens (including phenoxy) is 1. The maximum Gasteiger partial charge on any atom is 0.177 e. The molecule has 3 rings (SSSR count). The number of piperidine rings is 1. The van der Waals surface area contributed by atoms with Gasteiger partial charge in [-0.15, -0.1) is 0 Å². The number of hydrogen-bond acceptors (Lipinski definition) is 4. The van der Waals surface area contributed by atoms with Crippen LogP contribution in [0, 0.1) is 5.92 Å². The number of fused-ring (bicyclic) bond motifs is 1. The highest BCUT2D eigenvalue weighted by atomic mass is 17.2. The van der Waals surface area contributed by atoms with E-state index in [1.165, 1.54) is 18.5 Å². The molecule has 2 fully saturated rings. The molecular formula is C17H25NO3. The van der Waals surface area contributed by atoms with Gasteiger partial charge >= 0.3 is 0 Å². The maximum atomic E-state index is 5.73. The summed E-state index contributed by atoms with van der Waals surface area (Å²) in [5.41, 5.74) is 0.846. The third-order valence-corrected chi connectivity index (χ3v) is 4.64. The van der Waals surface area contributed by atoms with Crippen LogP contribution in [-0.2, 0) is 9.78 Å². The van der Waals surface area contributed by atoms with Crippen LogP contribution in [0.4, 0.5) is 5.69 Å². The second kappa shape index (κ2) is 6.24. The molecule has 21 heavy (non-hydrogen) atoms. The molecule has 0 aliphatic carbocycles. The van der Waals surface area contributed by atoms with E-state index in [1.807, 2.05) is 12.1 Å². The summed E-state index contributed by atoms with van der Waals surface area (Å²) in [5.74, 6) is 1.39. The van der Waals surface area contributed by atoms with E-state index in [-0.39, 0.29) is 5.72 Å².